The molecule has 2 unspecified atom stereocenters. The third kappa shape index (κ3) is 3.44. The fraction of sp³-hybridized carbons (Fsp3) is 0.462. The van der Waals surface area contributed by atoms with Gasteiger partial charge in [0, 0.05) is 12.6 Å². The summed E-state index contributed by atoms with van der Waals surface area (Å²) >= 11 is 3.08. The molecular weight excluding hydrogens is 344 g/mol. The molecule has 114 valence electrons. The third-order valence-electron chi connectivity index (χ3n) is 3.59. The van der Waals surface area contributed by atoms with E-state index in [0.717, 1.165) is 0 Å². The lowest BCUT2D eigenvalue weighted by Gasteiger charge is -2.23. The molecule has 0 aromatic carbocycles. The van der Waals surface area contributed by atoms with E-state index in [1.54, 1.807) is 13.0 Å². The summed E-state index contributed by atoms with van der Waals surface area (Å²) in [5, 5.41) is 11.5. The van der Waals surface area contributed by atoms with Crippen molar-refractivity contribution in [1.82, 2.24) is 10.2 Å². The van der Waals surface area contributed by atoms with Gasteiger partial charge in [-0.3, -0.25) is 14.4 Å². The highest BCUT2D eigenvalue weighted by Gasteiger charge is 2.37. The first-order chi connectivity index (χ1) is 9.90. The van der Waals surface area contributed by atoms with Crippen LogP contribution in [0, 0.1) is 5.92 Å². The molecule has 21 heavy (non-hydrogen) atoms. The molecule has 1 aliphatic heterocycles. The highest BCUT2D eigenvalue weighted by Crippen LogP contribution is 2.24. The van der Waals surface area contributed by atoms with Crippen LogP contribution in [0.15, 0.2) is 21.2 Å². The van der Waals surface area contributed by atoms with E-state index in [4.69, 9.17) is 9.52 Å². The van der Waals surface area contributed by atoms with Gasteiger partial charge in [-0.1, -0.05) is 0 Å². The maximum atomic E-state index is 12.0. The number of likely N-dealkylation sites (tertiary alicyclic amines) is 1. The molecule has 1 aromatic heterocycles. The van der Waals surface area contributed by atoms with Crippen LogP contribution in [0.5, 0.6) is 0 Å². The molecule has 1 aliphatic rings. The number of carbonyl (C=O) groups excluding carboxylic acids is 2. The molecular formula is C13H15BrN2O5. The minimum atomic E-state index is -0.901. The standard InChI is InChI=1S/C13H15BrN2O5/c1-7-8(13(19)20)4-5-16(7)11(17)6-15-12(18)9-2-3-10(14)21-9/h2-3,7-8H,4-6H2,1H3,(H,15,18)(H,19,20). The van der Waals surface area contributed by atoms with Crippen molar-refractivity contribution in [2.24, 2.45) is 5.92 Å². The van der Waals surface area contributed by atoms with Crippen molar-refractivity contribution >= 4 is 33.7 Å². The number of nitrogens with one attached hydrogen (secondary N) is 1. The Morgan fingerprint density at radius 2 is 2.19 bits per heavy atom. The Hall–Kier alpha value is -1.83. The molecule has 8 heteroatoms. The Morgan fingerprint density at radius 1 is 1.48 bits per heavy atom. The molecule has 2 atom stereocenters. The SMILES string of the molecule is CC1C(C(=O)O)CCN1C(=O)CNC(=O)c1ccc(Br)o1. The molecule has 1 aromatic rings. The summed E-state index contributed by atoms with van der Waals surface area (Å²) in [4.78, 5) is 36.3. The average Bonchev–Trinajstić information content (AvgIpc) is 3.01. The summed E-state index contributed by atoms with van der Waals surface area (Å²) in [6.45, 7) is 1.90. The van der Waals surface area contributed by atoms with Gasteiger partial charge in [-0.15, -0.1) is 0 Å². The summed E-state index contributed by atoms with van der Waals surface area (Å²) < 4.78 is 5.50. The van der Waals surface area contributed by atoms with E-state index < -0.39 is 17.8 Å². The first-order valence-corrected chi connectivity index (χ1v) is 7.25. The van der Waals surface area contributed by atoms with Crippen molar-refractivity contribution in [1.29, 1.82) is 0 Å². The maximum Gasteiger partial charge on any atom is 0.308 e. The van der Waals surface area contributed by atoms with E-state index >= 15 is 0 Å². The summed E-state index contributed by atoms with van der Waals surface area (Å²) in [6.07, 6.45) is 0.432. The first-order valence-electron chi connectivity index (χ1n) is 6.46. The molecule has 2 rings (SSSR count). The van der Waals surface area contributed by atoms with E-state index in [-0.39, 0.29) is 24.3 Å². The van der Waals surface area contributed by atoms with Crippen molar-refractivity contribution in [3.05, 3.63) is 22.6 Å². The zero-order valence-electron chi connectivity index (χ0n) is 11.3. The molecule has 2 N–H and O–H groups in total. The predicted molar refractivity (Wildman–Crippen MR) is 75.7 cm³/mol. The first kappa shape index (κ1) is 15.6. The smallest absolute Gasteiger partial charge is 0.308 e. The summed E-state index contributed by atoms with van der Waals surface area (Å²) in [7, 11) is 0. The van der Waals surface area contributed by atoms with E-state index in [1.165, 1.54) is 11.0 Å². The van der Waals surface area contributed by atoms with Gasteiger partial charge < -0.3 is 19.7 Å². The molecule has 0 spiro atoms. The molecule has 2 heterocycles. The number of carbonyl (C=O) groups is 3. The quantitative estimate of drug-likeness (QED) is 0.839. The summed E-state index contributed by atoms with van der Waals surface area (Å²) in [6, 6.07) is 2.70. The lowest BCUT2D eigenvalue weighted by Crippen LogP contribution is -2.43. The number of furan rings is 1. The van der Waals surface area contributed by atoms with Crippen LogP contribution in [0.4, 0.5) is 0 Å². The minimum Gasteiger partial charge on any atom is -0.481 e. The number of halogens is 1. The molecule has 0 aliphatic carbocycles. The molecule has 2 amide bonds. The number of aliphatic carboxylic acids is 1. The fourth-order valence-corrected chi connectivity index (χ4v) is 2.71. The van der Waals surface area contributed by atoms with E-state index in [2.05, 4.69) is 21.2 Å². The average molecular weight is 359 g/mol. The lowest BCUT2D eigenvalue weighted by molar-refractivity contribution is -0.143. The highest BCUT2D eigenvalue weighted by molar-refractivity contribution is 9.10. The van der Waals surface area contributed by atoms with Crippen LogP contribution >= 0.6 is 15.9 Å². The summed E-state index contributed by atoms with van der Waals surface area (Å²) in [5.41, 5.74) is 0. The number of carboxylic acid groups (broad SMARTS) is 1. The van der Waals surface area contributed by atoms with Crippen molar-refractivity contribution < 1.29 is 23.9 Å². The normalized spacial score (nSPS) is 21.3. The van der Waals surface area contributed by atoms with Gasteiger partial charge in [-0.25, -0.2) is 0 Å². The number of nitrogens with zero attached hydrogens (tertiary/aromatic N) is 1. The van der Waals surface area contributed by atoms with Crippen molar-refractivity contribution in [3.63, 3.8) is 0 Å². The molecule has 0 saturated carbocycles. The number of hydrogen-bond acceptors (Lipinski definition) is 4. The molecule has 1 fully saturated rings. The van der Waals surface area contributed by atoms with Gasteiger partial charge in [-0.05, 0) is 41.4 Å². The fourth-order valence-electron chi connectivity index (χ4n) is 2.40. The van der Waals surface area contributed by atoms with Gasteiger partial charge in [-0.2, -0.15) is 0 Å². The van der Waals surface area contributed by atoms with Crippen LogP contribution in [0.2, 0.25) is 0 Å². The van der Waals surface area contributed by atoms with E-state index in [1.807, 2.05) is 0 Å². The van der Waals surface area contributed by atoms with Crippen LogP contribution in [-0.4, -0.2) is 46.9 Å². The maximum absolute atomic E-state index is 12.0. The van der Waals surface area contributed by atoms with E-state index in [0.29, 0.717) is 17.6 Å². The molecule has 7 nitrogen and oxygen atoms in total. The van der Waals surface area contributed by atoms with Crippen LogP contribution in [0.3, 0.4) is 0 Å². The van der Waals surface area contributed by atoms with Gasteiger partial charge in [0.05, 0.1) is 12.5 Å². The second kappa shape index (κ2) is 6.30. The van der Waals surface area contributed by atoms with E-state index in [9.17, 15) is 14.4 Å². The Labute approximate surface area is 129 Å². The second-order valence-electron chi connectivity index (χ2n) is 4.85. The lowest BCUT2D eigenvalue weighted by atomic mass is 10.0. The number of amides is 2. The third-order valence-corrected chi connectivity index (χ3v) is 4.02. The van der Waals surface area contributed by atoms with Gasteiger partial charge in [0.2, 0.25) is 5.91 Å². The highest BCUT2D eigenvalue weighted by atomic mass is 79.9. The Kier molecular flexibility index (Phi) is 4.66. The second-order valence-corrected chi connectivity index (χ2v) is 5.63. The zero-order valence-corrected chi connectivity index (χ0v) is 12.9. The van der Waals surface area contributed by atoms with Gasteiger partial charge in [0.25, 0.3) is 5.91 Å². The van der Waals surface area contributed by atoms with Crippen LogP contribution in [0.25, 0.3) is 0 Å². The Bertz CT molecular complexity index is 571. The van der Waals surface area contributed by atoms with Crippen LogP contribution < -0.4 is 5.32 Å². The van der Waals surface area contributed by atoms with Crippen LogP contribution in [0.1, 0.15) is 23.9 Å². The van der Waals surface area contributed by atoms with Crippen LogP contribution in [-0.2, 0) is 9.59 Å². The summed E-state index contributed by atoms with van der Waals surface area (Å²) in [5.74, 6) is -2.14. The van der Waals surface area contributed by atoms with Gasteiger partial charge >= 0.3 is 5.97 Å². The largest absolute Gasteiger partial charge is 0.481 e. The number of carboxylic acids is 1. The Morgan fingerprint density at radius 3 is 2.71 bits per heavy atom. The molecule has 0 bridgehead atoms. The van der Waals surface area contributed by atoms with Crippen molar-refractivity contribution in [2.75, 3.05) is 13.1 Å². The Balaban J connectivity index is 1.88. The molecule has 1 saturated heterocycles. The predicted octanol–water partition coefficient (Wildman–Crippen LogP) is 1.09. The zero-order chi connectivity index (χ0) is 15.6. The van der Waals surface area contributed by atoms with Gasteiger partial charge in [0.15, 0.2) is 10.4 Å². The minimum absolute atomic E-state index is 0.104. The number of rotatable bonds is 4. The monoisotopic (exact) mass is 358 g/mol. The van der Waals surface area contributed by atoms with Crippen molar-refractivity contribution in [2.45, 2.75) is 19.4 Å². The molecule has 0 radical (unpaired) electrons. The van der Waals surface area contributed by atoms with Crippen molar-refractivity contribution in [3.8, 4) is 0 Å². The topological polar surface area (TPSA) is 99.9 Å². The number of hydrogen-bond donors (Lipinski definition) is 2. The van der Waals surface area contributed by atoms with Gasteiger partial charge in [0.1, 0.15) is 0 Å².